The van der Waals surface area contributed by atoms with Crippen molar-refractivity contribution in [3.05, 3.63) is 48.6 Å². The quantitative estimate of drug-likeness (QED) is 0.649. The fourth-order valence-electron chi connectivity index (χ4n) is 3.67. The molecule has 3 aromatic rings. The van der Waals surface area contributed by atoms with E-state index in [1.165, 1.54) is 18.5 Å². The van der Waals surface area contributed by atoms with Gasteiger partial charge in [-0.3, -0.25) is 4.79 Å². The standard InChI is InChI=1S/C21H24FN7O/c1-27(2)10-3-4-17(30)28-11-9-16(12-28)29-21-18(20(23)24-13-25-21)19(26-29)14-5-7-15(22)8-6-14/h3-8,13,16H,9-12H2,1-2H3,(H2,23,24,25)/t16-/m1/s1. The van der Waals surface area contributed by atoms with Crippen LogP contribution in [0, 0.1) is 5.82 Å². The predicted octanol–water partition coefficient (Wildman–Crippen LogP) is 2.11. The molecule has 3 heterocycles. The van der Waals surface area contributed by atoms with Gasteiger partial charge in [-0.2, -0.15) is 5.10 Å². The summed E-state index contributed by atoms with van der Waals surface area (Å²) in [6.45, 7) is 1.89. The molecule has 2 N–H and O–H groups in total. The molecule has 8 nitrogen and oxygen atoms in total. The van der Waals surface area contributed by atoms with Crippen LogP contribution in [-0.4, -0.2) is 69.2 Å². The molecule has 1 aromatic carbocycles. The summed E-state index contributed by atoms with van der Waals surface area (Å²) in [6, 6.07) is 6.07. The molecule has 1 fully saturated rings. The van der Waals surface area contributed by atoms with Crippen LogP contribution in [0.25, 0.3) is 22.3 Å². The number of anilines is 1. The van der Waals surface area contributed by atoms with E-state index in [2.05, 4.69) is 9.97 Å². The Morgan fingerprint density at radius 3 is 2.80 bits per heavy atom. The van der Waals surface area contributed by atoms with Crippen molar-refractivity contribution in [3.63, 3.8) is 0 Å². The molecule has 0 bridgehead atoms. The van der Waals surface area contributed by atoms with Crippen LogP contribution in [0.15, 0.2) is 42.7 Å². The number of hydrogen-bond acceptors (Lipinski definition) is 6. The second-order valence-corrected chi connectivity index (χ2v) is 7.65. The van der Waals surface area contributed by atoms with Crippen molar-refractivity contribution in [1.82, 2.24) is 29.5 Å². The summed E-state index contributed by atoms with van der Waals surface area (Å²) in [4.78, 5) is 24.8. The van der Waals surface area contributed by atoms with Gasteiger partial charge in [-0.1, -0.05) is 6.08 Å². The summed E-state index contributed by atoms with van der Waals surface area (Å²) in [5.41, 5.74) is 8.10. The van der Waals surface area contributed by atoms with E-state index in [0.29, 0.717) is 42.2 Å². The normalized spacial score (nSPS) is 16.9. The van der Waals surface area contributed by atoms with Crippen molar-refractivity contribution in [1.29, 1.82) is 0 Å². The Kier molecular flexibility index (Phi) is 5.45. The molecule has 1 aliphatic heterocycles. The van der Waals surface area contributed by atoms with Crippen molar-refractivity contribution < 1.29 is 9.18 Å². The number of nitrogens with zero attached hydrogens (tertiary/aromatic N) is 6. The second kappa shape index (κ2) is 8.19. The van der Waals surface area contributed by atoms with Crippen LogP contribution in [0.4, 0.5) is 10.2 Å². The predicted molar refractivity (Wildman–Crippen MR) is 113 cm³/mol. The van der Waals surface area contributed by atoms with Crippen molar-refractivity contribution in [3.8, 4) is 11.3 Å². The number of likely N-dealkylation sites (tertiary alicyclic amines) is 1. The molecular formula is C21H24FN7O. The molecular weight excluding hydrogens is 385 g/mol. The Bertz CT molecular complexity index is 1090. The average Bonchev–Trinajstić information content (AvgIpc) is 3.34. The zero-order valence-electron chi connectivity index (χ0n) is 17.0. The van der Waals surface area contributed by atoms with Gasteiger partial charge in [-0.25, -0.2) is 19.0 Å². The molecule has 9 heteroatoms. The third kappa shape index (κ3) is 3.88. The lowest BCUT2D eigenvalue weighted by Gasteiger charge is -2.15. The number of amides is 1. The minimum absolute atomic E-state index is 0.0105. The molecule has 0 aliphatic carbocycles. The van der Waals surface area contributed by atoms with Crippen LogP contribution >= 0.6 is 0 Å². The van der Waals surface area contributed by atoms with E-state index in [9.17, 15) is 9.18 Å². The van der Waals surface area contributed by atoms with Crippen molar-refractivity contribution in [2.45, 2.75) is 12.5 Å². The Labute approximate surface area is 173 Å². The molecule has 0 saturated carbocycles. The maximum atomic E-state index is 13.4. The molecule has 0 spiro atoms. The molecule has 30 heavy (non-hydrogen) atoms. The smallest absolute Gasteiger partial charge is 0.246 e. The van der Waals surface area contributed by atoms with Crippen LogP contribution in [0.2, 0.25) is 0 Å². The maximum Gasteiger partial charge on any atom is 0.246 e. The Morgan fingerprint density at radius 1 is 1.30 bits per heavy atom. The van der Waals surface area contributed by atoms with Crippen LogP contribution in [0.3, 0.4) is 0 Å². The van der Waals surface area contributed by atoms with E-state index in [-0.39, 0.29) is 17.8 Å². The first-order chi connectivity index (χ1) is 14.4. The van der Waals surface area contributed by atoms with Gasteiger partial charge in [-0.05, 0) is 44.8 Å². The van der Waals surface area contributed by atoms with Crippen LogP contribution in [0.1, 0.15) is 12.5 Å². The first kappa shape index (κ1) is 20.0. The number of hydrogen-bond donors (Lipinski definition) is 1. The third-order valence-electron chi connectivity index (χ3n) is 5.19. The maximum absolute atomic E-state index is 13.4. The average molecular weight is 409 g/mol. The zero-order valence-corrected chi connectivity index (χ0v) is 17.0. The lowest BCUT2D eigenvalue weighted by molar-refractivity contribution is -0.125. The highest BCUT2D eigenvalue weighted by Gasteiger charge is 2.30. The first-order valence-electron chi connectivity index (χ1n) is 9.79. The number of likely N-dealkylation sites (N-methyl/N-ethyl adjacent to an activating group) is 1. The van der Waals surface area contributed by atoms with Gasteiger partial charge in [0.05, 0.1) is 11.4 Å². The molecule has 0 unspecified atom stereocenters. The van der Waals surface area contributed by atoms with Gasteiger partial charge in [0.15, 0.2) is 5.65 Å². The first-order valence-corrected chi connectivity index (χ1v) is 9.79. The highest BCUT2D eigenvalue weighted by atomic mass is 19.1. The van der Waals surface area contributed by atoms with Gasteiger partial charge < -0.3 is 15.5 Å². The number of carbonyl (C=O) groups is 1. The lowest BCUT2D eigenvalue weighted by atomic mass is 10.1. The van der Waals surface area contributed by atoms with Gasteiger partial charge >= 0.3 is 0 Å². The van der Waals surface area contributed by atoms with Gasteiger partial charge in [0.2, 0.25) is 5.91 Å². The number of halogens is 1. The summed E-state index contributed by atoms with van der Waals surface area (Å²) >= 11 is 0. The summed E-state index contributed by atoms with van der Waals surface area (Å²) < 4.78 is 15.2. The fourth-order valence-corrected chi connectivity index (χ4v) is 3.67. The van der Waals surface area contributed by atoms with E-state index in [4.69, 9.17) is 10.8 Å². The Hall–Kier alpha value is -3.33. The number of benzene rings is 1. The van der Waals surface area contributed by atoms with Crippen LogP contribution < -0.4 is 5.73 Å². The highest BCUT2D eigenvalue weighted by Crippen LogP contribution is 2.33. The van der Waals surface area contributed by atoms with Gasteiger partial charge in [0.25, 0.3) is 0 Å². The largest absolute Gasteiger partial charge is 0.383 e. The Balaban J connectivity index is 1.64. The molecule has 1 saturated heterocycles. The molecule has 1 amide bonds. The highest BCUT2D eigenvalue weighted by molar-refractivity contribution is 5.98. The summed E-state index contributed by atoms with van der Waals surface area (Å²) in [7, 11) is 3.91. The topological polar surface area (TPSA) is 93.2 Å². The van der Waals surface area contributed by atoms with Gasteiger partial charge in [0, 0.05) is 31.3 Å². The molecule has 2 aromatic heterocycles. The molecule has 0 radical (unpaired) electrons. The SMILES string of the molecule is CN(C)CC=CC(=O)N1CC[C@@H](n2nc(-c3ccc(F)cc3)c3c(N)ncnc32)C1. The third-order valence-corrected chi connectivity index (χ3v) is 5.19. The Morgan fingerprint density at radius 2 is 2.07 bits per heavy atom. The van der Waals surface area contributed by atoms with Crippen LogP contribution in [-0.2, 0) is 4.79 Å². The number of nitrogen functional groups attached to an aromatic ring is 1. The molecule has 156 valence electrons. The lowest BCUT2D eigenvalue weighted by Crippen LogP contribution is -2.28. The van der Waals surface area contributed by atoms with E-state index in [1.807, 2.05) is 34.7 Å². The number of fused-ring (bicyclic) bond motifs is 1. The summed E-state index contributed by atoms with van der Waals surface area (Å²) in [5, 5.41) is 5.40. The van der Waals surface area contributed by atoms with Gasteiger partial charge in [-0.15, -0.1) is 0 Å². The van der Waals surface area contributed by atoms with E-state index in [0.717, 1.165) is 12.0 Å². The number of rotatable bonds is 5. The number of aromatic nitrogens is 4. The second-order valence-electron chi connectivity index (χ2n) is 7.65. The van der Waals surface area contributed by atoms with E-state index >= 15 is 0 Å². The van der Waals surface area contributed by atoms with Crippen molar-refractivity contribution in [2.24, 2.45) is 0 Å². The minimum Gasteiger partial charge on any atom is -0.383 e. The number of nitrogens with two attached hydrogens (primary N) is 1. The molecule has 1 aliphatic rings. The zero-order chi connectivity index (χ0) is 21.3. The van der Waals surface area contributed by atoms with E-state index in [1.54, 1.807) is 18.2 Å². The van der Waals surface area contributed by atoms with Crippen molar-refractivity contribution >= 4 is 22.8 Å². The minimum atomic E-state index is -0.320. The fraction of sp³-hybridized carbons (Fsp3) is 0.333. The molecule has 1 atom stereocenters. The van der Waals surface area contributed by atoms with Crippen LogP contribution in [0.5, 0.6) is 0 Å². The molecule has 4 rings (SSSR count). The monoisotopic (exact) mass is 409 g/mol. The van der Waals surface area contributed by atoms with Crippen molar-refractivity contribution in [2.75, 3.05) is 39.5 Å². The summed E-state index contributed by atoms with van der Waals surface area (Å²) in [6.07, 6.45) is 5.65. The number of carbonyl (C=O) groups excluding carboxylic acids is 1. The van der Waals surface area contributed by atoms with E-state index < -0.39 is 0 Å². The van der Waals surface area contributed by atoms with Gasteiger partial charge in [0.1, 0.15) is 23.7 Å². The summed E-state index contributed by atoms with van der Waals surface area (Å²) in [5.74, 6) is -0.00851.